The van der Waals surface area contributed by atoms with Crippen LogP contribution >= 0.6 is 0 Å². The number of rotatable bonds is 7. The van der Waals surface area contributed by atoms with Gasteiger partial charge in [0.15, 0.2) is 0 Å². The Bertz CT molecular complexity index is 578. The first-order chi connectivity index (χ1) is 12.1. The molecule has 0 radical (unpaired) electrons. The smallest absolute Gasteiger partial charge is 0.220 e. The van der Waals surface area contributed by atoms with E-state index in [1.54, 1.807) is 0 Å². The van der Waals surface area contributed by atoms with Gasteiger partial charge in [-0.05, 0) is 43.7 Å². The molecule has 1 aromatic rings. The highest BCUT2D eigenvalue weighted by Gasteiger charge is 2.22. The Morgan fingerprint density at radius 3 is 2.92 bits per heavy atom. The SMILES string of the molecule is CC1CCC(CCC(=O)NCC(O)CN2CCc3ccccc3C2)O1. The highest BCUT2D eigenvalue weighted by atomic mass is 16.5. The second-order valence-corrected chi connectivity index (χ2v) is 7.40. The lowest BCUT2D eigenvalue weighted by atomic mass is 10.00. The lowest BCUT2D eigenvalue weighted by molar-refractivity contribution is -0.122. The molecular weight excluding hydrogens is 316 g/mol. The molecule has 0 saturated carbocycles. The molecule has 1 saturated heterocycles. The number of ether oxygens (including phenoxy) is 1. The van der Waals surface area contributed by atoms with Gasteiger partial charge in [-0.15, -0.1) is 0 Å². The number of aliphatic hydroxyl groups is 1. The van der Waals surface area contributed by atoms with Gasteiger partial charge < -0.3 is 15.2 Å². The van der Waals surface area contributed by atoms with Crippen molar-refractivity contribution in [3.05, 3.63) is 35.4 Å². The van der Waals surface area contributed by atoms with Gasteiger partial charge in [0.25, 0.3) is 0 Å². The summed E-state index contributed by atoms with van der Waals surface area (Å²) in [6.45, 7) is 4.82. The maximum absolute atomic E-state index is 12.0. The maximum Gasteiger partial charge on any atom is 0.220 e. The van der Waals surface area contributed by atoms with Crippen molar-refractivity contribution in [3.8, 4) is 0 Å². The zero-order valence-corrected chi connectivity index (χ0v) is 15.1. The molecule has 1 aromatic carbocycles. The monoisotopic (exact) mass is 346 g/mol. The number of benzene rings is 1. The Morgan fingerprint density at radius 2 is 2.16 bits per heavy atom. The van der Waals surface area contributed by atoms with E-state index in [2.05, 4.69) is 41.4 Å². The van der Waals surface area contributed by atoms with Crippen LogP contribution in [0.4, 0.5) is 0 Å². The van der Waals surface area contributed by atoms with Crippen molar-refractivity contribution in [1.82, 2.24) is 10.2 Å². The molecule has 0 bridgehead atoms. The van der Waals surface area contributed by atoms with E-state index >= 15 is 0 Å². The van der Waals surface area contributed by atoms with Crippen molar-refractivity contribution in [1.29, 1.82) is 0 Å². The molecule has 1 fully saturated rings. The molecule has 3 atom stereocenters. The van der Waals surface area contributed by atoms with Crippen LogP contribution in [-0.4, -0.2) is 53.9 Å². The number of β-amino-alcohol motifs (C(OH)–C–C–N with tert-alkyl or cyclic N) is 1. The van der Waals surface area contributed by atoms with E-state index in [0.717, 1.165) is 38.8 Å². The van der Waals surface area contributed by atoms with Crippen LogP contribution in [0.5, 0.6) is 0 Å². The van der Waals surface area contributed by atoms with Gasteiger partial charge >= 0.3 is 0 Å². The van der Waals surface area contributed by atoms with E-state index in [4.69, 9.17) is 4.74 Å². The second-order valence-electron chi connectivity index (χ2n) is 7.40. The third kappa shape index (κ3) is 5.53. The molecule has 3 rings (SSSR count). The Morgan fingerprint density at radius 1 is 1.36 bits per heavy atom. The topological polar surface area (TPSA) is 61.8 Å². The number of carbonyl (C=O) groups is 1. The van der Waals surface area contributed by atoms with Crippen LogP contribution in [0.1, 0.15) is 43.7 Å². The number of aliphatic hydroxyl groups excluding tert-OH is 1. The number of amides is 1. The summed E-state index contributed by atoms with van der Waals surface area (Å²) in [5, 5.41) is 13.1. The summed E-state index contributed by atoms with van der Waals surface area (Å²) >= 11 is 0. The third-order valence-electron chi connectivity index (χ3n) is 5.23. The second kappa shape index (κ2) is 8.79. The molecule has 3 unspecified atom stereocenters. The van der Waals surface area contributed by atoms with Crippen molar-refractivity contribution < 1.29 is 14.6 Å². The molecule has 0 aromatic heterocycles. The predicted molar refractivity (Wildman–Crippen MR) is 97.2 cm³/mol. The average molecular weight is 346 g/mol. The molecule has 5 heteroatoms. The highest BCUT2D eigenvalue weighted by Crippen LogP contribution is 2.22. The minimum Gasteiger partial charge on any atom is -0.390 e. The largest absolute Gasteiger partial charge is 0.390 e. The van der Waals surface area contributed by atoms with Crippen molar-refractivity contribution in [2.75, 3.05) is 19.6 Å². The van der Waals surface area contributed by atoms with E-state index in [9.17, 15) is 9.90 Å². The van der Waals surface area contributed by atoms with Crippen LogP contribution < -0.4 is 5.32 Å². The summed E-state index contributed by atoms with van der Waals surface area (Å²) in [6.07, 6.45) is 4.42. The number of nitrogens with zero attached hydrogens (tertiary/aromatic N) is 1. The molecule has 138 valence electrons. The molecule has 5 nitrogen and oxygen atoms in total. The molecule has 1 amide bonds. The fourth-order valence-electron chi connectivity index (χ4n) is 3.78. The zero-order valence-electron chi connectivity index (χ0n) is 15.1. The first-order valence-corrected chi connectivity index (χ1v) is 9.49. The Labute approximate surface area is 150 Å². The van der Waals surface area contributed by atoms with E-state index in [1.165, 1.54) is 11.1 Å². The summed E-state index contributed by atoms with van der Waals surface area (Å²) in [4.78, 5) is 14.2. The third-order valence-corrected chi connectivity index (χ3v) is 5.23. The molecule has 0 spiro atoms. The van der Waals surface area contributed by atoms with Gasteiger partial charge in [0.1, 0.15) is 0 Å². The van der Waals surface area contributed by atoms with Gasteiger partial charge in [0, 0.05) is 32.6 Å². The van der Waals surface area contributed by atoms with Crippen LogP contribution in [0, 0.1) is 0 Å². The van der Waals surface area contributed by atoms with Crippen LogP contribution in [0.2, 0.25) is 0 Å². The van der Waals surface area contributed by atoms with E-state index in [-0.39, 0.29) is 12.0 Å². The lowest BCUT2D eigenvalue weighted by Gasteiger charge is -2.30. The molecule has 2 heterocycles. The summed E-state index contributed by atoms with van der Waals surface area (Å²) in [5.41, 5.74) is 2.75. The molecular formula is C20H30N2O3. The minimum absolute atomic E-state index is 0.00573. The van der Waals surface area contributed by atoms with Gasteiger partial charge in [-0.1, -0.05) is 24.3 Å². The molecule has 25 heavy (non-hydrogen) atoms. The molecule has 2 N–H and O–H groups in total. The number of nitrogens with one attached hydrogen (secondary N) is 1. The summed E-state index contributed by atoms with van der Waals surface area (Å²) in [7, 11) is 0. The number of hydrogen-bond acceptors (Lipinski definition) is 4. The van der Waals surface area contributed by atoms with Crippen LogP contribution in [0.15, 0.2) is 24.3 Å². The Hall–Kier alpha value is -1.43. The van der Waals surface area contributed by atoms with E-state index in [0.29, 0.717) is 25.6 Å². The normalized spacial score (nSPS) is 24.7. The lowest BCUT2D eigenvalue weighted by Crippen LogP contribution is -2.42. The maximum atomic E-state index is 12.0. The van der Waals surface area contributed by atoms with Crippen LogP contribution in [-0.2, 0) is 22.5 Å². The summed E-state index contributed by atoms with van der Waals surface area (Å²) in [5.74, 6) is 0.00573. The first kappa shape index (κ1) is 18.4. The average Bonchev–Trinajstić information content (AvgIpc) is 3.03. The van der Waals surface area contributed by atoms with E-state index < -0.39 is 6.10 Å². The van der Waals surface area contributed by atoms with Gasteiger partial charge in [-0.25, -0.2) is 0 Å². The Kier molecular flexibility index (Phi) is 6.45. The predicted octanol–water partition coefficient (Wildman–Crippen LogP) is 1.87. The quantitative estimate of drug-likeness (QED) is 0.791. The highest BCUT2D eigenvalue weighted by molar-refractivity contribution is 5.75. The fourth-order valence-corrected chi connectivity index (χ4v) is 3.78. The van der Waals surface area contributed by atoms with Crippen LogP contribution in [0.3, 0.4) is 0 Å². The number of fused-ring (bicyclic) bond motifs is 1. The standard InChI is InChI=1S/C20H30N2O3/c1-15-6-7-19(25-15)8-9-20(24)21-12-18(23)14-22-11-10-16-4-2-3-5-17(16)13-22/h2-5,15,18-19,23H,6-14H2,1H3,(H,21,24). The zero-order chi connectivity index (χ0) is 17.6. The van der Waals surface area contributed by atoms with Crippen molar-refractivity contribution >= 4 is 5.91 Å². The molecule has 2 aliphatic rings. The van der Waals surface area contributed by atoms with Gasteiger partial charge in [-0.3, -0.25) is 9.69 Å². The van der Waals surface area contributed by atoms with Crippen molar-refractivity contribution in [2.24, 2.45) is 0 Å². The van der Waals surface area contributed by atoms with E-state index in [1.807, 2.05) is 0 Å². The van der Waals surface area contributed by atoms with Gasteiger partial charge in [0.05, 0.1) is 18.3 Å². The van der Waals surface area contributed by atoms with Gasteiger partial charge in [0.2, 0.25) is 5.91 Å². The molecule has 2 aliphatic heterocycles. The number of hydrogen-bond donors (Lipinski definition) is 2. The fraction of sp³-hybridized carbons (Fsp3) is 0.650. The van der Waals surface area contributed by atoms with Gasteiger partial charge in [-0.2, -0.15) is 0 Å². The Balaban J connectivity index is 1.33. The first-order valence-electron chi connectivity index (χ1n) is 9.49. The summed E-state index contributed by atoms with van der Waals surface area (Å²) < 4.78 is 5.73. The minimum atomic E-state index is -0.531. The van der Waals surface area contributed by atoms with Crippen molar-refractivity contribution in [3.63, 3.8) is 0 Å². The van der Waals surface area contributed by atoms with Crippen molar-refractivity contribution in [2.45, 2.75) is 63.9 Å². The number of carbonyl (C=O) groups excluding carboxylic acids is 1. The molecule has 0 aliphatic carbocycles. The van der Waals surface area contributed by atoms with Crippen LogP contribution in [0.25, 0.3) is 0 Å². The summed E-state index contributed by atoms with van der Waals surface area (Å²) in [6, 6.07) is 8.48.